The van der Waals surface area contributed by atoms with Crippen LogP contribution >= 0.6 is 0 Å². The zero-order valence-corrected chi connectivity index (χ0v) is 42.1. The lowest BCUT2D eigenvalue weighted by Gasteiger charge is -2.19. The fourth-order valence-electron chi connectivity index (χ4n) is 12.3. The van der Waals surface area contributed by atoms with E-state index < -0.39 is 0 Å². The van der Waals surface area contributed by atoms with E-state index in [1.54, 1.807) is 0 Å². The molecule has 0 N–H and O–H groups in total. The first-order valence-corrected chi connectivity index (χ1v) is 26.6. The number of fused-ring (bicyclic) bond motifs is 7. The van der Waals surface area contributed by atoms with Gasteiger partial charge in [-0.1, -0.05) is 231 Å². The first-order valence-electron chi connectivity index (χ1n) is 26.6. The molecule has 0 bridgehead atoms. The maximum Gasteiger partial charge on any atom is 0.136 e. The second-order valence-corrected chi connectivity index (χ2v) is 20.3. The van der Waals surface area contributed by atoms with E-state index in [4.69, 9.17) is 4.42 Å². The van der Waals surface area contributed by atoms with E-state index in [9.17, 15) is 0 Å². The number of hydrogen-bond donors (Lipinski definition) is 0. The van der Waals surface area contributed by atoms with Crippen LogP contribution in [0.15, 0.2) is 296 Å². The Hall–Kier alpha value is -10.1. The molecular formula is C76H48O. The molecular weight excluding hydrogens is 929 g/mol. The molecule has 0 spiro atoms. The molecule has 1 nitrogen and oxygen atoms in total. The molecule has 0 unspecified atom stereocenters. The van der Waals surface area contributed by atoms with E-state index in [1.807, 2.05) is 0 Å². The van der Waals surface area contributed by atoms with E-state index in [-0.39, 0.29) is 0 Å². The molecule has 77 heavy (non-hydrogen) atoms. The molecule has 0 fully saturated rings. The summed E-state index contributed by atoms with van der Waals surface area (Å²) in [6.45, 7) is 0. The minimum Gasteiger partial charge on any atom is -0.456 e. The number of rotatable bonds is 8. The summed E-state index contributed by atoms with van der Waals surface area (Å²) in [6.07, 6.45) is 0. The lowest BCUT2D eigenvalue weighted by molar-refractivity contribution is 0.669. The summed E-state index contributed by atoms with van der Waals surface area (Å²) in [4.78, 5) is 0. The molecule has 1 heteroatoms. The normalized spacial score (nSPS) is 11.6. The summed E-state index contributed by atoms with van der Waals surface area (Å²) >= 11 is 0. The molecule has 1 heterocycles. The van der Waals surface area contributed by atoms with Gasteiger partial charge in [0.25, 0.3) is 0 Å². The van der Waals surface area contributed by atoms with Gasteiger partial charge in [-0.2, -0.15) is 0 Å². The average Bonchev–Trinajstić information content (AvgIpc) is 3.92. The van der Waals surface area contributed by atoms with Crippen LogP contribution in [-0.4, -0.2) is 0 Å². The molecule has 0 atom stereocenters. The van der Waals surface area contributed by atoms with Crippen molar-refractivity contribution in [3.8, 4) is 89.0 Å². The Morgan fingerprint density at radius 1 is 0.143 bits per heavy atom. The van der Waals surface area contributed by atoms with Crippen LogP contribution in [0.5, 0.6) is 0 Å². The Labute approximate surface area is 447 Å². The predicted octanol–water partition coefficient (Wildman–Crippen LogP) is 21.5. The van der Waals surface area contributed by atoms with Gasteiger partial charge in [-0.05, 0) is 193 Å². The quantitative estimate of drug-likeness (QED) is 0.138. The minimum atomic E-state index is 0.868. The Kier molecular flexibility index (Phi) is 10.6. The van der Waals surface area contributed by atoms with E-state index in [0.717, 1.165) is 33.1 Å². The van der Waals surface area contributed by atoms with Gasteiger partial charge in [0.1, 0.15) is 11.2 Å². The van der Waals surface area contributed by atoms with Crippen LogP contribution in [0.1, 0.15) is 0 Å². The molecule has 0 aliphatic carbocycles. The standard InChI is InChI=1S/C76H48O/c1-5-21-49(22-6-1)55-41-56(50-23-7-2-8-24-50)44-59(43-55)75-66-33-17-13-29-62(66)73(63-30-14-18-34-67(63)75)53-38-40-71-70(47-53)61-39-37-54(48-72(61)77-71)74-64-31-15-19-35-68(64)76(69-36-20-16-32-65(69)74)60-45-57(51-25-9-3-10-26-51)42-58(46-60)52-27-11-4-12-28-52/h1-48H. The third-order valence-electron chi connectivity index (χ3n) is 15.8. The molecule has 14 aromatic carbocycles. The van der Waals surface area contributed by atoms with Gasteiger partial charge in [0, 0.05) is 10.8 Å². The first kappa shape index (κ1) is 44.4. The second kappa shape index (κ2) is 18.4. The van der Waals surface area contributed by atoms with Gasteiger partial charge in [-0.25, -0.2) is 0 Å². The number of hydrogen-bond acceptors (Lipinski definition) is 1. The smallest absolute Gasteiger partial charge is 0.136 e. The third-order valence-corrected chi connectivity index (χ3v) is 15.8. The molecule has 15 rings (SSSR count). The highest BCUT2D eigenvalue weighted by molar-refractivity contribution is 6.24. The van der Waals surface area contributed by atoms with E-state index >= 15 is 0 Å². The van der Waals surface area contributed by atoms with E-state index in [1.165, 1.54) is 121 Å². The third kappa shape index (κ3) is 7.63. The van der Waals surface area contributed by atoms with Crippen LogP contribution < -0.4 is 0 Å². The predicted molar refractivity (Wildman–Crippen MR) is 327 cm³/mol. The molecule has 15 aromatic rings. The van der Waals surface area contributed by atoms with Crippen LogP contribution in [0.3, 0.4) is 0 Å². The molecule has 0 aliphatic rings. The fourth-order valence-corrected chi connectivity index (χ4v) is 12.3. The van der Waals surface area contributed by atoms with Gasteiger partial charge in [-0.15, -0.1) is 0 Å². The van der Waals surface area contributed by atoms with Crippen LogP contribution in [0.25, 0.3) is 154 Å². The topological polar surface area (TPSA) is 13.1 Å². The molecule has 0 saturated heterocycles. The van der Waals surface area contributed by atoms with Crippen LogP contribution in [0.2, 0.25) is 0 Å². The first-order chi connectivity index (χ1) is 38.2. The fraction of sp³-hybridized carbons (Fsp3) is 0. The molecule has 358 valence electrons. The highest BCUT2D eigenvalue weighted by atomic mass is 16.3. The molecule has 0 amide bonds. The van der Waals surface area contributed by atoms with Crippen molar-refractivity contribution in [1.82, 2.24) is 0 Å². The number of benzene rings is 14. The zero-order valence-electron chi connectivity index (χ0n) is 42.1. The van der Waals surface area contributed by atoms with Gasteiger partial charge in [0.2, 0.25) is 0 Å². The Balaban J connectivity index is 0.887. The van der Waals surface area contributed by atoms with Crippen molar-refractivity contribution in [1.29, 1.82) is 0 Å². The van der Waals surface area contributed by atoms with Gasteiger partial charge in [0.15, 0.2) is 0 Å². The molecule has 0 saturated carbocycles. The van der Waals surface area contributed by atoms with Gasteiger partial charge in [-0.3, -0.25) is 0 Å². The summed E-state index contributed by atoms with van der Waals surface area (Å²) < 4.78 is 6.88. The van der Waals surface area contributed by atoms with Crippen LogP contribution in [-0.2, 0) is 0 Å². The van der Waals surface area contributed by atoms with Crippen molar-refractivity contribution < 1.29 is 4.42 Å². The highest BCUT2D eigenvalue weighted by Crippen LogP contribution is 2.49. The summed E-state index contributed by atoms with van der Waals surface area (Å²) in [5.74, 6) is 0. The van der Waals surface area contributed by atoms with Crippen LogP contribution in [0.4, 0.5) is 0 Å². The monoisotopic (exact) mass is 976 g/mol. The summed E-state index contributed by atoms with van der Waals surface area (Å²) in [5.41, 5.74) is 20.9. The van der Waals surface area contributed by atoms with Crippen molar-refractivity contribution in [2.45, 2.75) is 0 Å². The summed E-state index contributed by atoms with van der Waals surface area (Å²) in [5, 5.41) is 11.9. The van der Waals surface area contributed by atoms with E-state index in [0.29, 0.717) is 0 Å². The van der Waals surface area contributed by atoms with E-state index in [2.05, 4.69) is 291 Å². The highest BCUT2D eigenvalue weighted by Gasteiger charge is 2.22. The second-order valence-electron chi connectivity index (χ2n) is 20.3. The lowest BCUT2D eigenvalue weighted by Crippen LogP contribution is -1.92. The van der Waals surface area contributed by atoms with Crippen molar-refractivity contribution >= 4 is 65.0 Å². The lowest BCUT2D eigenvalue weighted by atomic mass is 9.84. The molecule has 0 radical (unpaired) electrons. The maximum absolute atomic E-state index is 6.88. The minimum absolute atomic E-state index is 0.868. The largest absolute Gasteiger partial charge is 0.456 e. The van der Waals surface area contributed by atoms with Crippen molar-refractivity contribution in [3.05, 3.63) is 291 Å². The summed E-state index contributed by atoms with van der Waals surface area (Å²) in [7, 11) is 0. The Morgan fingerprint density at radius 2 is 0.416 bits per heavy atom. The van der Waals surface area contributed by atoms with Gasteiger partial charge in [0.05, 0.1) is 0 Å². The van der Waals surface area contributed by atoms with Crippen molar-refractivity contribution in [3.63, 3.8) is 0 Å². The summed E-state index contributed by atoms with van der Waals surface area (Å²) in [6, 6.07) is 107. The van der Waals surface area contributed by atoms with Gasteiger partial charge >= 0.3 is 0 Å². The van der Waals surface area contributed by atoms with Crippen molar-refractivity contribution in [2.24, 2.45) is 0 Å². The van der Waals surface area contributed by atoms with Crippen molar-refractivity contribution in [2.75, 3.05) is 0 Å². The Bertz CT molecular complexity index is 4530. The number of furan rings is 1. The van der Waals surface area contributed by atoms with Crippen LogP contribution in [0, 0.1) is 0 Å². The molecule has 1 aromatic heterocycles. The average molecular weight is 977 g/mol. The molecule has 0 aliphatic heterocycles. The zero-order chi connectivity index (χ0) is 50.8. The Morgan fingerprint density at radius 3 is 0.753 bits per heavy atom. The maximum atomic E-state index is 6.88. The SMILES string of the molecule is c1ccc(-c2cc(-c3ccccc3)cc(-c3c4ccccc4c(-c4ccc5c(c4)oc4ccc(-c6c7ccccc7c(-c7cc(-c8ccccc8)cc(-c8ccccc8)c7)c7ccccc67)cc45)c4ccccc34)c2)cc1. The van der Waals surface area contributed by atoms with Gasteiger partial charge < -0.3 is 4.42 Å².